The summed E-state index contributed by atoms with van der Waals surface area (Å²) in [6, 6.07) is 4.71. The molecule has 8 heteroatoms. The fourth-order valence-electron chi connectivity index (χ4n) is 1.93. The molecule has 1 heterocycles. The number of hydrogen-bond donors (Lipinski definition) is 1. The molecular formula is C14H16O7S. The summed E-state index contributed by atoms with van der Waals surface area (Å²) in [6.45, 7) is 0.356. The van der Waals surface area contributed by atoms with E-state index >= 15 is 0 Å². The molecule has 0 bridgehead atoms. The molecule has 0 fully saturated rings. The zero-order chi connectivity index (χ0) is 16.2. The Hall–Kier alpha value is -2.22. The van der Waals surface area contributed by atoms with Gasteiger partial charge in [-0.1, -0.05) is 12.1 Å². The number of carboxylic acid groups (broad SMARTS) is 1. The van der Waals surface area contributed by atoms with Gasteiger partial charge in [0.05, 0.1) is 19.5 Å². The van der Waals surface area contributed by atoms with Gasteiger partial charge in [-0.25, -0.2) is 4.79 Å². The number of carbonyl (C=O) groups is 1. The Balaban J connectivity index is 2.54. The Kier molecular flexibility index (Phi) is 4.92. The smallest absolute Gasteiger partial charge is 0.371 e. The lowest BCUT2D eigenvalue weighted by Crippen LogP contribution is -2.14. The van der Waals surface area contributed by atoms with Gasteiger partial charge < -0.3 is 18.8 Å². The summed E-state index contributed by atoms with van der Waals surface area (Å²) in [6.07, 6.45) is 2.21. The summed E-state index contributed by atoms with van der Waals surface area (Å²) >= 11 is 0. The lowest BCUT2D eigenvalue weighted by Gasteiger charge is -2.13. The highest BCUT2D eigenvalue weighted by Crippen LogP contribution is 2.35. The van der Waals surface area contributed by atoms with E-state index in [1.165, 1.54) is 19.3 Å². The third-order valence-electron chi connectivity index (χ3n) is 2.98. The average Bonchev–Trinajstić information content (AvgIpc) is 2.52. The van der Waals surface area contributed by atoms with Crippen LogP contribution in [0.25, 0.3) is 6.08 Å². The highest BCUT2D eigenvalue weighted by Gasteiger charge is 2.21. The Labute approximate surface area is 128 Å². The molecule has 22 heavy (non-hydrogen) atoms. The number of carboxylic acids is 1. The Morgan fingerprint density at radius 2 is 2.14 bits per heavy atom. The van der Waals surface area contributed by atoms with Crippen molar-refractivity contribution in [2.24, 2.45) is 0 Å². The van der Waals surface area contributed by atoms with Crippen molar-refractivity contribution in [2.45, 2.75) is 12.8 Å². The minimum Gasteiger partial charge on any atom is -0.490 e. The number of ether oxygens (including phenoxy) is 2. The zero-order valence-corrected chi connectivity index (χ0v) is 12.8. The Morgan fingerprint density at radius 1 is 1.36 bits per heavy atom. The van der Waals surface area contributed by atoms with Crippen LogP contribution in [0.1, 0.15) is 18.4 Å². The molecule has 120 valence electrons. The third-order valence-corrected chi connectivity index (χ3v) is 4.19. The van der Waals surface area contributed by atoms with Crippen molar-refractivity contribution < 1.29 is 32.0 Å². The van der Waals surface area contributed by atoms with Crippen LogP contribution >= 0.6 is 0 Å². The SMILES string of the molecule is COC(=Cc1cccc2c1OS(=O)(=O)CCCCO2)C(=O)O. The highest BCUT2D eigenvalue weighted by atomic mass is 32.2. The molecule has 0 saturated heterocycles. The van der Waals surface area contributed by atoms with Crippen molar-refractivity contribution in [1.82, 2.24) is 0 Å². The Morgan fingerprint density at radius 3 is 2.82 bits per heavy atom. The summed E-state index contributed by atoms with van der Waals surface area (Å²) in [4.78, 5) is 11.0. The predicted molar refractivity (Wildman–Crippen MR) is 78.2 cm³/mol. The molecule has 0 aliphatic carbocycles. The fourth-order valence-corrected chi connectivity index (χ4v) is 3.00. The van der Waals surface area contributed by atoms with E-state index in [0.29, 0.717) is 19.4 Å². The topological polar surface area (TPSA) is 99.1 Å². The first-order valence-electron chi connectivity index (χ1n) is 6.60. The van der Waals surface area contributed by atoms with Crippen LogP contribution in [0.5, 0.6) is 11.5 Å². The highest BCUT2D eigenvalue weighted by molar-refractivity contribution is 7.87. The van der Waals surface area contributed by atoms with Crippen molar-refractivity contribution in [2.75, 3.05) is 19.5 Å². The molecule has 2 rings (SSSR count). The van der Waals surface area contributed by atoms with Crippen molar-refractivity contribution >= 4 is 22.2 Å². The molecule has 1 aliphatic rings. The van der Waals surface area contributed by atoms with E-state index in [0.717, 1.165) is 0 Å². The fraction of sp³-hybridized carbons (Fsp3) is 0.357. The molecule has 7 nitrogen and oxygen atoms in total. The number of para-hydroxylation sites is 1. The molecule has 1 aromatic rings. The monoisotopic (exact) mass is 328 g/mol. The van der Waals surface area contributed by atoms with Gasteiger partial charge in [0.2, 0.25) is 5.76 Å². The summed E-state index contributed by atoms with van der Waals surface area (Å²) in [5.74, 6) is -1.51. The number of benzene rings is 1. The maximum atomic E-state index is 11.9. The lowest BCUT2D eigenvalue weighted by atomic mass is 10.1. The van der Waals surface area contributed by atoms with Crippen LogP contribution in [0.15, 0.2) is 24.0 Å². The molecule has 0 atom stereocenters. The molecule has 1 N–H and O–H groups in total. The first kappa shape index (κ1) is 16.2. The minimum atomic E-state index is -3.76. The molecule has 0 unspecified atom stereocenters. The number of rotatable bonds is 3. The maximum Gasteiger partial charge on any atom is 0.371 e. The van der Waals surface area contributed by atoms with Crippen molar-refractivity contribution in [3.8, 4) is 11.5 Å². The molecule has 1 aliphatic heterocycles. The molecule has 0 amide bonds. The van der Waals surface area contributed by atoms with Gasteiger partial charge in [-0.3, -0.25) is 0 Å². The summed E-state index contributed by atoms with van der Waals surface area (Å²) in [5.41, 5.74) is 0.252. The van der Waals surface area contributed by atoms with Gasteiger partial charge in [0, 0.05) is 5.56 Å². The number of aliphatic carboxylic acids is 1. The van der Waals surface area contributed by atoms with Crippen LogP contribution in [-0.2, 0) is 19.6 Å². The first-order valence-corrected chi connectivity index (χ1v) is 8.17. The second-order valence-corrected chi connectivity index (χ2v) is 6.28. The maximum absolute atomic E-state index is 11.9. The average molecular weight is 328 g/mol. The van der Waals surface area contributed by atoms with E-state index in [9.17, 15) is 13.2 Å². The van der Waals surface area contributed by atoms with Crippen LogP contribution < -0.4 is 8.92 Å². The zero-order valence-electron chi connectivity index (χ0n) is 11.9. The predicted octanol–water partition coefficient (Wildman–Crippen LogP) is 1.64. The summed E-state index contributed by atoms with van der Waals surface area (Å²) in [5, 5.41) is 9.00. The number of methoxy groups -OCH3 is 1. The quantitative estimate of drug-likeness (QED) is 0.511. The van der Waals surface area contributed by atoms with Crippen LogP contribution in [0.4, 0.5) is 0 Å². The second kappa shape index (κ2) is 6.69. The lowest BCUT2D eigenvalue weighted by molar-refractivity contribution is -0.135. The third kappa shape index (κ3) is 3.91. The number of hydrogen-bond acceptors (Lipinski definition) is 6. The van der Waals surface area contributed by atoms with E-state index in [1.807, 2.05) is 0 Å². The normalized spacial score (nSPS) is 17.8. The standard InChI is InChI=1S/C14H16O7S/c1-19-12(14(15)16)9-10-5-4-6-11-13(10)21-22(17,18)8-3-2-7-20-11/h4-6,9H,2-3,7-8H2,1H3,(H,15,16). The van der Waals surface area contributed by atoms with E-state index in [2.05, 4.69) is 0 Å². The number of fused-ring (bicyclic) bond motifs is 1. The van der Waals surface area contributed by atoms with Crippen LogP contribution in [-0.4, -0.2) is 39.0 Å². The molecule has 0 aromatic heterocycles. The van der Waals surface area contributed by atoms with Crippen molar-refractivity contribution in [3.63, 3.8) is 0 Å². The van der Waals surface area contributed by atoms with Crippen LogP contribution in [0.2, 0.25) is 0 Å². The van der Waals surface area contributed by atoms with Crippen molar-refractivity contribution in [3.05, 3.63) is 29.5 Å². The van der Waals surface area contributed by atoms with Gasteiger partial charge in [0.1, 0.15) is 0 Å². The molecule has 0 spiro atoms. The van der Waals surface area contributed by atoms with E-state index < -0.39 is 16.1 Å². The minimum absolute atomic E-state index is 0.0276. The van der Waals surface area contributed by atoms with Crippen molar-refractivity contribution in [1.29, 1.82) is 0 Å². The van der Waals surface area contributed by atoms with E-state index in [1.54, 1.807) is 12.1 Å². The van der Waals surface area contributed by atoms with Gasteiger partial charge in [0.15, 0.2) is 11.5 Å². The van der Waals surface area contributed by atoms with E-state index in [-0.39, 0.29) is 28.6 Å². The van der Waals surface area contributed by atoms with Gasteiger partial charge in [0.25, 0.3) is 0 Å². The van der Waals surface area contributed by atoms with Gasteiger partial charge in [-0.15, -0.1) is 0 Å². The second-order valence-electron chi connectivity index (χ2n) is 4.59. The van der Waals surface area contributed by atoms with Crippen LogP contribution in [0, 0.1) is 0 Å². The molecular weight excluding hydrogens is 312 g/mol. The van der Waals surface area contributed by atoms with Gasteiger partial charge in [-0.2, -0.15) is 8.42 Å². The first-order chi connectivity index (χ1) is 10.4. The van der Waals surface area contributed by atoms with Crippen LogP contribution in [0.3, 0.4) is 0 Å². The van der Waals surface area contributed by atoms with E-state index in [4.69, 9.17) is 18.8 Å². The largest absolute Gasteiger partial charge is 0.490 e. The Bertz CT molecular complexity index is 691. The molecule has 1 aromatic carbocycles. The molecule has 0 saturated carbocycles. The van der Waals surface area contributed by atoms with Gasteiger partial charge in [-0.05, 0) is 25.0 Å². The van der Waals surface area contributed by atoms with Gasteiger partial charge >= 0.3 is 16.1 Å². The molecule has 0 radical (unpaired) electrons. The summed E-state index contributed by atoms with van der Waals surface area (Å²) in [7, 11) is -2.55. The summed E-state index contributed by atoms with van der Waals surface area (Å²) < 4.78 is 39.2.